The molecule has 4 rings (SSSR count). The zero-order valence-electron chi connectivity index (χ0n) is 23.5. The van der Waals surface area contributed by atoms with Crippen LogP contribution in [0.3, 0.4) is 0 Å². The molecule has 3 heteroatoms. The molecule has 3 nitrogen and oxygen atoms in total. The second-order valence-electron chi connectivity index (χ2n) is 10.6. The Morgan fingerprint density at radius 2 is 0.795 bits per heavy atom. The van der Waals surface area contributed by atoms with Crippen molar-refractivity contribution in [2.75, 3.05) is 18.1 Å². The van der Waals surface area contributed by atoms with Crippen LogP contribution in [0.4, 0.5) is 11.4 Å². The van der Waals surface area contributed by atoms with Crippen LogP contribution in [0.1, 0.15) is 71.1 Å². The standard InChI is InChI=1S/C36H44N2O/c1-2-3-4-5-6-7-8-9-10-11-24-39-36-22-16-30(17-23-36)33-26-31(28-12-18-34(37)19-13-28)25-32(27-33)29-14-20-35(38)21-15-29/h12-23,25-27H,2-11,24,37-38H2,1H3. The van der Waals surface area contributed by atoms with Crippen molar-refractivity contribution in [3.8, 4) is 39.1 Å². The minimum absolute atomic E-state index is 0.766. The molecule has 4 aromatic carbocycles. The van der Waals surface area contributed by atoms with E-state index >= 15 is 0 Å². The summed E-state index contributed by atoms with van der Waals surface area (Å²) in [5.74, 6) is 0.933. The molecule has 0 radical (unpaired) electrons. The lowest BCUT2D eigenvalue weighted by molar-refractivity contribution is 0.304. The summed E-state index contributed by atoms with van der Waals surface area (Å²) < 4.78 is 6.05. The van der Waals surface area contributed by atoms with Gasteiger partial charge in [0.05, 0.1) is 6.61 Å². The Hall–Kier alpha value is -3.72. The predicted octanol–water partition coefficient (Wildman–Crippen LogP) is 10.2. The van der Waals surface area contributed by atoms with Gasteiger partial charge in [-0.25, -0.2) is 0 Å². The van der Waals surface area contributed by atoms with Crippen molar-refractivity contribution in [1.82, 2.24) is 0 Å². The van der Waals surface area contributed by atoms with E-state index in [2.05, 4.69) is 73.7 Å². The van der Waals surface area contributed by atoms with E-state index in [1.54, 1.807) is 0 Å². The number of nitrogens with two attached hydrogens (primary N) is 2. The van der Waals surface area contributed by atoms with Crippen LogP contribution in [0.25, 0.3) is 33.4 Å². The fourth-order valence-electron chi connectivity index (χ4n) is 5.00. The molecular weight excluding hydrogens is 476 g/mol. The maximum absolute atomic E-state index is 6.05. The number of hydrogen-bond donors (Lipinski definition) is 2. The van der Waals surface area contributed by atoms with Gasteiger partial charge < -0.3 is 16.2 Å². The molecule has 0 aromatic heterocycles. The summed E-state index contributed by atoms with van der Waals surface area (Å²) in [5.41, 5.74) is 20.3. The van der Waals surface area contributed by atoms with E-state index in [0.717, 1.165) is 63.5 Å². The first-order chi connectivity index (χ1) is 19.1. The smallest absolute Gasteiger partial charge is 0.119 e. The average molecular weight is 521 g/mol. The topological polar surface area (TPSA) is 61.3 Å². The lowest BCUT2D eigenvalue weighted by Gasteiger charge is -2.12. The van der Waals surface area contributed by atoms with E-state index in [0.29, 0.717) is 0 Å². The molecule has 0 saturated carbocycles. The lowest BCUT2D eigenvalue weighted by atomic mass is 9.93. The second-order valence-corrected chi connectivity index (χ2v) is 10.6. The molecule has 0 aliphatic heterocycles. The molecule has 204 valence electrons. The van der Waals surface area contributed by atoms with Gasteiger partial charge in [0.15, 0.2) is 0 Å². The van der Waals surface area contributed by atoms with Crippen molar-refractivity contribution >= 4 is 11.4 Å². The van der Waals surface area contributed by atoms with Gasteiger partial charge in [-0.05, 0) is 94.4 Å². The molecule has 0 aliphatic carbocycles. The normalized spacial score (nSPS) is 11.0. The van der Waals surface area contributed by atoms with Crippen LogP contribution in [0.2, 0.25) is 0 Å². The monoisotopic (exact) mass is 520 g/mol. The fourth-order valence-corrected chi connectivity index (χ4v) is 5.00. The number of rotatable bonds is 15. The Morgan fingerprint density at radius 3 is 1.21 bits per heavy atom. The first-order valence-electron chi connectivity index (χ1n) is 14.7. The molecule has 0 heterocycles. The molecule has 4 N–H and O–H groups in total. The number of ether oxygens (including phenoxy) is 1. The minimum Gasteiger partial charge on any atom is -0.494 e. The minimum atomic E-state index is 0.766. The van der Waals surface area contributed by atoms with Crippen LogP contribution >= 0.6 is 0 Å². The van der Waals surface area contributed by atoms with E-state index in [-0.39, 0.29) is 0 Å². The molecule has 0 spiro atoms. The van der Waals surface area contributed by atoms with Crippen molar-refractivity contribution < 1.29 is 4.74 Å². The van der Waals surface area contributed by atoms with Gasteiger partial charge in [-0.2, -0.15) is 0 Å². The van der Waals surface area contributed by atoms with Gasteiger partial charge in [0, 0.05) is 11.4 Å². The Bertz CT molecular complexity index is 1200. The maximum Gasteiger partial charge on any atom is 0.119 e. The van der Waals surface area contributed by atoms with E-state index in [1.807, 2.05) is 24.3 Å². The van der Waals surface area contributed by atoms with Gasteiger partial charge in [-0.3, -0.25) is 0 Å². The second kappa shape index (κ2) is 15.0. The van der Waals surface area contributed by atoms with Crippen LogP contribution in [0.15, 0.2) is 91.0 Å². The quantitative estimate of drug-likeness (QED) is 0.121. The largest absolute Gasteiger partial charge is 0.494 e. The molecule has 0 unspecified atom stereocenters. The molecule has 0 bridgehead atoms. The number of hydrogen-bond acceptors (Lipinski definition) is 3. The van der Waals surface area contributed by atoms with Crippen molar-refractivity contribution in [2.24, 2.45) is 0 Å². The van der Waals surface area contributed by atoms with Crippen molar-refractivity contribution in [1.29, 1.82) is 0 Å². The van der Waals surface area contributed by atoms with E-state index in [4.69, 9.17) is 16.2 Å². The number of nitrogen functional groups attached to an aromatic ring is 2. The molecule has 4 aromatic rings. The van der Waals surface area contributed by atoms with Gasteiger partial charge in [0.2, 0.25) is 0 Å². The van der Waals surface area contributed by atoms with E-state index < -0.39 is 0 Å². The summed E-state index contributed by atoms with van der Waals surface area (Å²) in [4.78, 5) is 0. The van der Waals surface area contributed by atoms with Gasteiger partial charge in [0.25, 0.3) is 0 Å². The third kappa shape index (κ3) is 8.92. The lowest BCUT2D eigenvalue weighted by Crippen LogP contribution is -1.97. The van der Waals surface area contributed by atoms with Crippen LogP contribution in [0, 0.1) is 0 Å². The van der Waals surface area contributed by atoms with Gasteiger partial charge >= 0.3 is 0 Å². The zero-order valence-corrected chi connectivity index (χ0v) is 23.5. The summed E-state index contributed by atoms with van der Waals surface area (Å²) in [5, 5.41) is 0. The van der Waals surface area contributed by atoms with Crippen LogP contribution < -0.4 is 16.2 Å². The Morgan fingerprint density at radius 1 is 0.436 bits per heavy atom. The Labute approximate surface area is 235 Å². The Kier molecular flexibility index (Phi) is 10.9. The molecular formula is C36H44N2O. The van der Waals surface area contributed by atoms with Crippen molar-refractivity contribution in [3.05, 3.63) is 91.0 Å². The molecule has 0 fully saturated rings. The molecule has 0 amide bonds. The summed E-state index contributed by atoms with van der Waals surface area (Å²) in [7, 11) is 0. The highest BCUT2D eigenvalue weighted by atomic mass is 16.5. The van der Waals surface area contributed by atoms with Gasteiger partial charge in [0.1, 0.15) is 5.75 Å². The van der Waals surface area contributed by atoms with Crippen LogP contribution in [0.5, 0.6) is 5.75 Å². The van der Waals surface area contributed by atoms with E-state index in [9.17, 15) is 0 Å². The molecule has 39 heavy (non-hydrogen) atoms. The third-order valence-corrected chi connectivity index (χ3v) is 7.38. The SMILES string of the molecule is CCCCCCCCCCCCOc1ccc(-c2cc(-c3ccc(N)cc3)cc(-c3ccc(N)cc3)c2)cc1. The van der Waals surface area contributed by atoms with Crippen LogP contribution in [-0.2, 0) is 0 Å². The first-order valence-corrected chi connectivity index (χ1v) is 14.7. The van der Waals surface area contributed by atoms with Gasteiger partial charge in [-0.1, -0.05) is 101 Å². The zero-order chi connectivity index (χ0) is 27.3. The summed E-state index contributed by atoms with van der Waals surface area (Å²) in [6.07, 6.45) is 13.3. The molecule has 0 aliphatic rings. The number of benzene rings is 4. The predicted molar refractivity (Wildman–Crippen MR) is 169 cm³/mol. The van der Waals surface area contributed by atoms with Crippen LogP contribution in [-0.4, -0.2) is 6.61 Å². The average Bonchev–Trinajstić information content (AvgIpc) is 2.97. The fraction of sp³-hybridized carbons (Fsp3) is 0.333. The summed E-state index contributed by atoms with van der Waals surface area (Å²) >= 11 is 0. The summed E-state index contributed by atoms with van der Waals surface area (Å²) in [6, 6.07) is 31.3. The van der Waals surface area contributed by atoms with Crippen molar-refractivity contribution in [3.63, 3.8) is 0 Å². The highest BCUT2D eigenvalue weighted by Gasteiger charge is 2.08. The molecule has 0 atom stereocenters. The van der Waals surface area contributed by atoms with Crippen molar-refractivity contribution in [2.45, 2.75) is 71.1 Å². The summed E-state index contributed by atoms with van der Waals surface area (Å²) in [6.45, 7) is 3.06. The van der Waals surface area contributed by atoms with E-state index in [1.165, 1.54) is 57.8 Å². The highest BCUT2D eigenvalue weighted by molar-refractivity contribution is 5.82. The first kappa shape index (κ1) is 28.3. The third-order valence-electron chi connectivity index (χ3n) is 7.38. The highest BCUT2D eigenvalue weighted by Crippen LogP contribution is 2.34. The van der Waals surface area contributed by atoms with Gasteiger partial charge in [-0.15, -0.1) is 0 Å². The number of anilines is 2. The molecule has 0 saturated heterocycles. The maximum atomic E-state index is 6.05. The number of unbranched alkanes of at least 4 members (excludes halogenated alkanes) is 9. The Balaban J connectivity index is 1.36.